The van der Waals surface area contributed by atoms with E-state index in [1.807, 2.05) is 0 Å². The van der Waals surface area contributed by atoms with Crippen molar-refractivity contribution in [1.82, 2.24) is 0 Å². The molecular formula is C11H18O2. The maximum absolute atomic E-state index is 11.0. The summed E-state index contributed by atoms with van der Waals surface area (Å²) in [4.78, 5) is 11.0. The fraction of sp³-hybridized carbons (Fsp3) is 0.909. The van der Waals surface area contributed by atoms with Gasteiger partial charge in [-0.05, 0) is 43.9 Å². The summed E-state index contributed by atoms with van der Waals surface area (Å²) in [6.45, 7) is 3.89. The molecule has 0 unspecified atom stereocenters. The van der Waals surface area contributed by atoms with Crippen molar-refractivity contribution in [3.63, 3.8) is 0 Å². The zero-order chi connectivity index (χ0) is 9.53. The summed E-state index contributed by atoms with van der Waals surface area (Å²) in [7, 11) is 0. The molecule has 2 bridgehead atoms. The van der Waals surface area contributed by atoms with Crippen LogP contribution in [0.2, 0.25) is 0 Å². The van der Waals surface area contributed by atoms with Gasteiger partial charge in [0.25, 0.3) is 0 Å². The molecular weight excluding hydrogens is 164 g/mol. The van der Waals surface area contributed by atoms with Crippen molar-refractivity contribution in [2.24, 2.45) is 5.41 Å². The van der Waals surface area contributed by atoms with Crippen LogP contribution in [0.1, 0.15) is 52.4 Å². The molecule has 2 heteroatoms. The van der Waals surface area contributed by atoms with E-state index in [0.717, 1.165) is 19.3 Å². The summed E-state index contributed by atoms with van der Waals surface area (Å²) in [6, 6.07) is 0. The molecule has 3 aliphatic carbocycles. The third-order valence-corrected chi connectivity index (χ3v) is 3.91. The molecule has 3 rings (SSSR count). The van der Waals surface area contributed by atoms with Crippen LogP contribution in [-0.2, 0) is 9.53 Å². The van der Waals surface area contributed by atoms with Gasteiger partial charge in [0.15, 0.2) is 0 Å². The molecule has 0 amide bonds. The van der Waals surface area contributed by atoms with E-state index in [9.17, 15) is 4.79 Å². The van der Waals surface area contributed by atoms with Gasteiger partial charge in [0.05, 0.1) is 0 Å². The summed E-state index contributed by atoms with van der Waals surface area (Å²) in [5, 5.41) is 0. The standard InChI is InChI=1S/C11H18O2/c1-9(12)13-11-6-3-10(2,4-7-11)5-8-11/h3-8H2,1-2H3. The highest BCUT2D eigenvalue weighted by atomic mass is 16.6. The highest BCUT2D eigenvalue weighted by Crippen LogP contribution is 2.53. The number of fused-ring (bicyclic) bond motifs is 3. The van der Waals surface area contributed by atoms with Crippen molar-refractivity contribution in [3.8, 4) is 0 Å². The predicted molar refractivity (Wildman–Crippen MR) is 50.3 cm³/mol. The third kappa shape index (κ3) is 1.59. The number of carbonyl (C=O) groups excluding carboxylic acids is 1. The first-order valence-corrected chi connectivity index (χ1v) is 5.23. The first-order valence-electron chi connectivity index (χ1n) is 5.23. The second-order valence-corrected chi connectivity index (χ2v) is 5.09. The monoisotopic (exact) mass is 182 g/mol. The van der Waals surface area contributed by atoms with Gasteiger partial charge >= 0.3 is 5.97 Å². The molecule has 0 aliphatic heterocycles. The molecule has 0 saturated heterocycles. The molecule has 3 fully saturated rings. The maximum Gasteiger partial charge on any atom is 0.303 e. The fourth-order valence-electron chi connectivity index (χ4n) is 2.80. The van der Waals surface area contributed by atoms with Gasteiger partial charge in [0, 0.05) is 6.92 Å². The smallest absolute Gasteiger partial charge is 0.303 e. The minimum atomic E-state index is -0.106. The Hall–Kier alpha value is -0.530. The van der Waals surface area contributed by atoms with Crippen LogP contribution >= 0.6 is 0 Å². The lowest BCUT2D eigenvalue weighted by Crippen LogP contribution is -2.47. The highest BCUT2D eigenvalue weighted by Gasteiger charge is 2.48. The largest absolute Gasteiger partial charge is 0.459 e. The predicted octanol–water partition coefficient (Wildman–Crippen LogP) is 2.66. The Balaban J connectivity index is 2.07. The molecule has 0 heterocycles. The zero-order valence-electron chi connectivity index (χ0n) is 8.56. The number of rotatable bonds is 1. The van der Waals surface area contributed by atoms with Crippen LogP contribution in [-0.4, -0.2) is 11.6 Å². The molecule has 0 aromatic heterocycles. The second-order valence-electron chi connectivity index (χ2n) is 5.09. The number of hydrogen-bond donors (Lipinski definition) is 0. The maximum atomic E-state index is 11.0. The van der Waals surface area contributed by atoms with Gasteiger partial charge in [-0.1, -0.05) is 6.92 Å². The lowest BCUT2D eigenvalue weighted by Gasteiger charge is -2.51. The number of esters is 1. The van der Waals surface area contributed by atoms with Crippen LogP contribution in [0.15, 0.2) is 0 Å². The Morgan fingerprint density at radius 3 is 1.92 bits per heavy atom. The van der Waals surface area contributed by atoms with Gasteiger partial charge in [-0.15, -0.1) is 0 Å². The second kappa shape index (κ2) is 2.73. The minimum Gasteiger partial charge on any atom is -0.459 e. The van der Waals surface area contributed by atoms with E-state index >= 15 is 0 Å². The zero-order valence-corrected chi connectivity index (χ0v) is 8.56. The lowest BCUT2D eigenvalue weighted by atomic mass is 9.59. The molecule has 0 aromatic rings. The highest BCUT2D eigenvalue weighted by molar-refractivity contribution is 5.66. The van der Waals surface area contributed by atoms with Crippen LogP contribution in [0.3, 0.4) is 0 Å². The number of hydrogen-bond acceptors (Lipinski definition) is 2. The van der Waals surface area contributed by atoms with Crippen molar-refractivity contribution in [2.75, 3.05) is 0 Å². The number of carbonyl (C=O) groups is 1. The average molecular weight is 182 g/mol. The quantitative estimate of drug-likeness (QED) is 0.583. The molecule has 2 nitrogen and oxygen atoms in total. The molecule has 0 spiro atoms. The van der Waals surface area contributed by atoms with Crippen LogP contribution in [0.5, 0.6) is 0 Å². The van der Waals surface area contributed by atoms with Crippen molar-refractivity contribution < 1.29 is 9.53 Å². The van der Waals surface area contributed by atoms with E-state index in [4.69, 9.17) is 4.74 Å². The van der Waals surface area contributed by atoms with Crippen molar-refractivity contribution in [3.05, 3.63) is 0 Å². The summed E-state index contributed by atoms with van der Waals surface area (Å²) in [5.41, 5.74) is 0.492. The van der Waals surface area contributed by atoms with Gasteiger partial charge in [-0.25, -0.2) is 0 Å². The minimum absolute atomic E-state index is 0.0659. The summed E-state index contributed by atoms with van der Waals surface area (Å²) in [5.74, 6) is -0.106. The van der Waals surface area contributed by atoms with Crippen LogP contribution in [0.25, 0.3) is 0 Å². The third-order valence-electron chi connectivity index (χ3n) is 3.91. The van der Waals surface area contributed by atoms with Gasteiger partial charge < -0.3 is 4.74 Å². The van der Waals surface area contributed by atoms with Crippen molar-refractivity contribution in [2.45, 2.75) is 58.0 Å². The van der Waals surface area contributed by atoms with E-state index in [1.165, 1.54) is 26.2 Å². The van der Waals surface area contributed by atoms with Gasteiger partial charge in [-0.3, -0.25) is 4.79 Å². The summed E-state index contributed by atoms with van der Waals surface area (Å²) < 4.78 is 5.47. The van der Waals surface area contributed by atoms with Gasteiger partial charge in [-0.2, -0.15) is 0 Å². The van der Waals surface area contributed by atoms with Crippen LogP contribution in [0.4, 0.5) is 0 Å². The normalized spacial score (nSPS) is 43.2. The number of ether oxygens (including phenoxy) is 1. The Morgan fingerprint density at radius 2 is 1.54 bits per heavy atom. The van der Waals surface area contributed by atoms with Crippen molar-refractivity contribution >= 4 is 5.97 Å². The SMILES string of the molecule is CC(=O)OC12CCC(C)(CC1)CC2. The molecule has 3 saturated carbocycles. The van der Waals surface area contributed by atoms with E-state index in [2.05, 4.69) is 6.92 Å². The van der Waals surface area contributed by atoms with E-state index < -0.39 is 0 Å². The molecule has 0 aromatic carbocycles. The van der Waals surface area contributed by atoms with E-state index in [1.54, 1.807) is 0 Å². The summed E-state index contributed by atoms with van der Waals surface area (Å²) in [6.07, 6.45) is 6.97. The first-order chi connectivity index (χ1) is 6.04. The van der Waals surface area contributed by atoms with E-state index in [0.29, 0.717) is 5.41 Å². The molecule has 0 atom stereocenters. The summed E-state index contributed by atoms with van der Waals surface area (Å²) >= 11 is 0. The lowest BCUT2D eigenvalue weighted by molar-refractivity contribution is -0.173. The Morgan fingerprint density at radius 1 is 1.08 bits per heavy atom. The molecule has 74 valence electrons. The molecule has 0 N–H and O–H groups in total. The van der Waals surface area contributed by atoms with Crippen LogP contribution < -0.4 is 0 Å². The molecule has 13 heavy (non-hydrogen) atoms. The Bertz CT molecular complexity index is 208. The fourth-order valence-corrected chi connectivity index (χ4v) is 2.80. The van der Waals surface area contributed by atoms with Crippen LogP contribution in [0, 0.1) is 5.41 Å². The van der Waals surface area contributed by atoms with Gasteiger partial charge in [0.2, 0.25) is 0 Å². The molecule has 3 aliphatic rings. The first kappa shape index (κ1) is 9.04. The van der Waals surface area contributed by atoms with Gasteiger partial charge in [0.1, 0.15) is 5.60 Å². The Labute approximate surface area is 79.7 Å². The van der Waals surface area contributed by atoms with Crippen molar-refractivity contribution in [1.29, 1.82) is 0 Å². The molecule has 0 radical (unpaired) electrons. The topological polar surface area (TPSA) is 26.3 Å². The average Bonchev–Trinajstić information content (AvgIpc) is 2.07. The van der Waals surface area contributed by atoms with E-state index in [-0.39, 0.29) is 11.6 Å². The Kier molecular flexibility index (Phi) is 1.90.